The summed E-state index contributed by atoms with van der Waals surface area (Å²) in [5, 5.41) is 3.52. The third-order valence-electron chi connectivity index (χ3n) is 3.27. The van der Waals surface area contributed by atoms with Crippen LogP contribution in [0.5, 0.6) is 0 Å². The standard InChI is InChI=1S/C15H21N3OS/c1-12-11-18(10-9-13(2)20(3)19)15(16-12)17-14-7-5-4-6-8-14/h4-8,11,13H,9-10H2,1-3H3,(H,16,17). The van der Waals surface area contributed by atoms with Gasteiger partial charge in [-0.1, -0.05) is 25.1 Å². The molecule has 2 atom stereocenters. The van der Waals surface area contributed by atoms with E-state index < -0.39 is 10.8 Å². The zero-order valence-electron chi connectivity index (χ0n) is 12.2. The van der Waals surface area contributed by atoms with E-state index >= 15 is 0 Å². The Balaban J connectivity index is 2.08. The molecule has 0 radical (unpaired) electrons. The Hall–Kier alpha value is -1.62. The highest BCUT2D eigenvalue weighted by molar-refractivity contribution is 7.84. The Morgan fingerprint density at radius 3 is 2.70 bits per heavy atom. The second kappa shape index (κ2) is 6.70. The average Bonchev–Trinajstić information content (AvgIpc) is 2.77. The summed E-state index contributed by atoms with van der Waals surface area (Å²) in [5.41, 5.74) is 2.00. The highest BCUT2D eigenvalue weighted by Crippen LogP contribution is 2.17. The largest absolute Gasteiger partial charge is 0.326 e. The molecule has 1 aromatic heterocycles. The molecule has 2 rings (SSSR count). The molecule has 2 aromatic rings. The second-order valence-corrected chi connectivity index (χ2v) is 6.79. The lowest BCUT2D eigenvalue weighted by Gasteiger charge is -2.12. The number of hydrogen-bond acceptors (Lipinski definition) is 3. The van der Waals surface area contributed by atoms with E-state index in [0.717, 1.165) is 30.3 Å². The first-order valence-electron chi connectivity index (χ1n) is 6.74. The van der Waals surface area contributed by atoms with Crippen molar-refractivity contribution in [2.24, 2.45) is 0 Å². The molecule has 1 heterocycles. The number of hydrogen-bond donors (Lipinski definition) is 1. The van der Waals surface area contributed by atoms with Gasteiger partial charge in [-0.2, -0.15) is 0 Å². The van der Waals surface area contributed by atoms with Gasteiger partial charge in [-0.05, 0) is 25.5 Å². The molecule has 108 valence electrons. The Kier molecular flexibility index (Phi) is 4.95. The van der Waals surface area contributed by atoms with Crippen LogP contribution in [0.4, 0.5) is 11.6 Å². The van der Waals surface area contributed by atoms with Crippen LogP contribution in [0.25, 0.3) is 0 Å². The lowest BCUT2D eigenvalue weighted by Crippen LogP contribution is -2.13. The summed E-state index contributed by atoms with van der Waals surface area (Å²) < 4.78 is 13.5. The van der Waals surface area contributed by atoms with Gasteiger partial charge in [0.2, 0.25) is 5.95 Å². The van der Waals surface area contributed by atoms with Gasteiger partial charge in [0, 0.05) is 40.7 Å². The molecule has 4 nitrogen and oxygen atoms in total. The molecule has 0 spiro atoms. The van der Waals surface area contributed by atoms with Crippen LogP contribution in [0.2, 0.25) is 0 Å². The summed E-state index contributed by atoms with van der Waals surface area (Å²) in [6, 6.07) is 9.99. The molecule has 1 N–H and O–H groups in total. The van der Waals surface area contributed by atoms with E-state index in [1.807, 2.05) is 50.4 Å². The summed E-state index contributed by atoms with van der Waals surface area (Å²) in [6.07, 6.45) is 4.66. The van der Waals surface area contributed by atoms with Gasteiger partial charge >= 0.3 is 0 Å². The number of anilines is 2. The van der Waals surface area contributed by atoms with E-state index in [1.165, 1.54) is 0 Å². The summed E-state index contributed by atoms with van der Waals surface area (Å²) in [6.45, 7) is 4.81. The minimum atomic E-state index is -0.776. The highest BCUT2D eigenvalue weighted by Gasteiger charge is 2.10. The number of aromatic nitrogens is 2. The molecule has 5 heteroatoms. The van der Waals surface area contributed by atoms with E-state index in [2.05, 4.69) is 14.9 Å². The van der Waals surface area contributed by atoms with Crippen LogP contribution >= 0.6 is 0 Å². The topological polar surface area (TPSA) is 46.9 Å². The molecule has 0 saturated heterocycles. The van der Waals surface area contributed by atoms with Gasteiger partial charge in [-0.25, -0.2) is 4.98 Å². The van der Waals surface area contributed by atoms with Gasteiger partial charge in [0.1, 0.15) is 0 Å². The van der Waals surface area contributed by atoms with Crippen LogP contribution < -0.4 is 5.32 Å². The molecule has 0 aliphatic rings. The Labute approximate surface area is 122 Å². The Morgan fingerprint density at radius 2 is 2.05 bits per heavy atom. The number of para-hydroxylation sites is 1. The van der Waals surface area contributed by atoms with Crippen molar-refractivity contribution in [2.75, 3.05) is 11.6 Å². The lowest BCUT2D eigenvalue weighted by atomic mass is 10.3. The quantitative estimate of drug-likeness (QED) is 0.889. The third kappa shape index (κ3) is 3.93. The summed E-state index contributed by atoms with van der Waals surface area (Å²) >= 11 is 0. The number of aryl methyl sites for hydroxylation is 2. The maximum absolute atomic E-state index is 11.4. The summed E-state index contributed by atoms with van der Waals surface area (Å²) in [7, 11) is -0.776. The predicted molar refractivity (Wildman–Crippen MR) is 84.8 cm³/mol. The minimum absolute atomic E-state index is 0.197. The molecule has 0 bridgehead atoms. The van der Waals surface area contributed by atoms with Crippen molar-refractivity contribution >= 4 is 22.4 Å². The van der Waals surface area contributed by atoms with Crippen molar-refractivity contribution in [3.8, 4) is 0 Å². The van der Waals surface area contributed by atoms with Gasteiger partial charge in [0.05, 0.1) is 5.69 Å². The van der Waals surface area contributed by atoms with Crippen LogP contribution in [0.3, 0.4) is 0 Å². The fourth-order valence-electron chi connectivity index (χ4n) is 1.95. The molecule has 2 unspecified atom stereocenters. The Morgan fingerprint density at radius 1 is 1.35 bits per heavy atom. The lowest BCUT2D eigenvalue weighted by molar-refractivity contribution is 0.623. The summed E-state index contributed by atoms with van der Waals surface area (Å²) in [5.74, 6) is 0.836. The number of rotatable bonds is 6. The zero-order chi connectivity index (χ0) is 14.5. The average molecular weight is 291 g/mol. The first-order chi connectivity index (χ1) is 9.56. The van der Waals surface area contributed by atoms with E-state index in [-0.39, 0.29) is 5.25 Å². The summed E-state index contributed by atoms with van der Waals surface area (Å²) in [4.78, 5) is 4.50. The van der Waals surface area contributed by atoms with Gasteiger partial charge in [0.15, 0.2) is 0 Å². The highest BCUT2D eigenvalue weighted by atomic mass is 32.2. The fraction of sp³-hybridized carbons (Fsp3) is 0.400. The minimum Gasteiger partial charge on any atom is -0.326 e. The van der Waals surface area contributed by atoms with Gasteiger partial charge in [-0.15, -0.1) is 0 Å². The number of imidazole rings is 1. The van der Waals surface area contributed by atoms with E-state index in [1.54, 1.807) is 6.26 Å². The van der Waals surface area contributed by atoms with E-state index in [9.17, 15) is 4.21 Å². The van der Waals surface area contributed by atoms with Crippen LogP contribution in [0, 0.1) is 6.92 Å². The molecule has 20 heavy (non-hydrogen) atoms. The number of nitrogens with one attached hydrogen (secondary N) is 1. The van der Waals surface area contributed by atoms with Crippen molar-refractivity contribution < 1.29 is 4.21 Å². The molecular weight excluding hydrogens is 270 g/mol. The maximum atomic E-state index is 11.4. The number of benzene rings is 1. The van der Waals surface area contributed by atoms with Crippen LogP contribution in [-0.4, -0.2) is 25.3 Å². The van der Waals surface area contributed by atoms with Gasteiger partial charge in [0.25, 0.3) is 0 Å². The molecular formula is C15H21N3OS. The van der Waals surface area contributed by atoms with E-state index in [0.29, 0.717) is 0 Å². The van der Waals surface area contributed by atoms with Gasteiger partial charge in [-0.3, -0.25) is 4.21 Å². The first kappa shape index (κ1) is 14.8. The fourth-order valence-corrected chi connectivity index (χ4v) is 2.39. The smallest absolute Gasteiger partial charge is 0.207 e. The maximum Gasteiger partial charge on any atom is 0.207 e. The zero-order valence-corrected chi connectivity index (χ0v) is 13.0. The molecule has 0 amide bonds. The second-order valence-electron chi connectivity index (χ2n) is 4.99. The molecule has 1 aromatic carbocycles. The monoisotopic (exact) mass is 291 g/mol. The van der Waals surface area contributed by atoms with Crippen molar-refractivity contribution in [2.45, 2.75) is 32.1 Å². The molecule has 0 aliphatic heterocycles. The molecule has 0 fully saturated rings. The third-order valence-corrected chi connectivity index (χ3v) is 4.64. The SMILES string of the molecule is Cc1cn(CCC(C)S(C)=O)c(Nc2ccccc2)n1. The number of nitrogens with zero attached hydrogens (tertiary/aromatic N) is 2. The normalized spacial score (nSPS) is 13.9. The van der Waals surface area contributed by atoms with Crippen molar-refractivity contribution in [3.05, 3.63) is 42.2 Å². The molecule has 0 aliphatic carbocycles. The van der Waals surface area contributed by atoms with Crippen molar-refractivity contribution in [1.29, 1.82) is 0 Å². The predicted octanol–water partition coefficient (Wildman–Crippen LogP) is 3.09. The van der Waals surface area contributed by atoms with Crippen LogP contribution in [0.1, 0.15) is 19.0 Å². The molecule has 0 saturated carbocycles. The first-order valence-corrected chi connectivity index (χ1v) is 8.36. The van der Waals surface area contributed by atoms with Crippen LogP contribution in [0.15, 0.2) is 36.5 Å². The van der Waals surface area contributed by atoms with Crippen molar-refractivity contribution in [1.82, 2.24) is 9.55 Å². The van der Waals surface area contributed by atoms with Crippen LogP contribution in [-0.2, 0) is 17.3 Å². The van der Waals surface area contributed by atoms with Crippen molar-refractivity contribution in [3.63, 3.8) is 0 Å². The van der Waals surface area contributed by atoms with Gasteiger partial charge < -0.3 is 9.88 Å². The van der Waals surface area contributed by atoms with E-state index in [4.69, 9.17) is 0 Å². The Bertz CT molecular complexity index is 580.